The first-order chi connectivity index (χ1) is 9.69. The molecule has 2 rings (SSSR count). The van der Waals surface area contributed by atoms with Gasteiger partial charge in [0.05, 0.1) is 12.8 Å². The standard InChI is InChI=1S/C15H18N2O2S/c1-11-5-6-13(14(10-11)19-2)17-15(18)16-8-7-12-4-3-9-20-12/h3-6,9-10H,7-8H2,1-2H3,(H2,16,17,18). The van der Waals surface area contributed by atoms with Gasteiger partial charge in [0.25, 0.3) is 0 Å². The molecule has 0 aliphatic rings. The third kappa shape index (κ3) is 3.99. The highest BCUT2D eigenvalue weighted by atomic mass is 32.1. The molecule has 0 bridgehead atoms. The van der Waals surface area contributed by atoms with Crippen LogP contribution in [-0.2, 0) is 6.42 Å². The van der Waals surface area contributed by atoms with E-state index in [1.165, 1.54) is 4.88 Å². The van der Waals surface area contributed by atoms with Crippen LogP contribution in [0.5, 0.6) is 5.75 Å². The van der Waals surface area contributed by atoms with E-state index >= 15 is 0 Å². The maximum absolute atomic E-state index is 11.8. The molecule has 0 saturated heterocycles. The Balaban J connectivity index is 1.85. The van der Waals surface area contributed by atoms with Crippen molar-refractivity contribution in [2.75, 3.05) is 19.0 Å². The summed E-state index contributed by atoms with van der Waals surface area (Å²) in [6, 6.07) is 9.52. The van der Waals surface area contributed by atoms with Crippen molar-refractivity contribution in [1.29, 1.82) is 0 Å². The second-order valence-electron chi connectivity index (χ2n) is 4.41. The van der Waals surface area contributed by atoms with E-state index in [9.17, 15) is 4.79 Å². The van der Waals surface area contributed by atoms with Gasteiger partial charge in [-0.25, -0.2) is 4.79 Å². The fourth-order valence-corrected chi connectivity index (χ4v) is 2.53. The van der Waals surface area contributed by atoms with Gasteiger partial charge in [0, 0.05) is 11.4 Å². The van der Waals surface area contributed by atoms with Crippen molar-refractivity contribution in [3.63, 3.8) is 0 Å². The summed E-state index contributed by atoms with van der Waals surface area (Å²) in [6.45, 7) is 2.59. The number of carbonyl (C=O) groups excluding carboxylic acids is 1. The minimum Gasteiger partial charge on any atom is -0.495 e. The summed E-state index contributed by atoms with van der Waals surface area (Å²) in [5, 5.41) is 7.67. The van der Waals surface area contributed by atoms with Crippen LogP contribution >= 0.6 is 11.3 Å². The monoisotopic (exact) mass is 290 g/mol. The zero-order chi connectivity index (χ0) is 14.4. The van der Waals surface area contributed by atoms with Crippen LogP contribution in [0.4, 0.5) is 10.5 Å². The molecule has 106 valence electrons. The predicted octanol–water partition coefficient (Wildman–Crippen LogP) is 3.43. The van der Waals surface area contributed by atoms with E-state index in [-0.39, 0.29) is 6.03 Å². The molecule has 0 saturated carbocycles. The molecule has 1 aromatic heterocycles. The van der Waals surface area contributed by atoms with Gasteiger partial charge in [-0.2, -0.15) is 0 Å². The van der Waals surface area contributed by atoms with E-state index in [1.54, 1.807) is 18.4 Å². The zero-order valence-corrected chi connectivity index (χ0v) is 12.4. The molecule has 0 aliphatic carbocycles. The molecule has 1 heterocycles. The van der Waals surface area contributed by atoms with Crippen molar-refractivity contribution in [1.82, 2.24) is 5.32 Å². The Hall–Kier alpha value is -2.01. The van der Waals surface area contributed by atoms with E-state index in [2.05, 4.69) is 16.7 Å². The second-order valence-corrected chi connectivity index (χ2v) is 5.45. The van der Waals surface area contributed by atoms with Crippen LogP contribution < -0.4 is 15.4 Å². The number of aryl methyl sites for hydroxylation is 1. The van der Waals surface area contributed by atoms with Crippen molar-refractivity contribution >= 4 is 23.1 Å². The average molecular weight is 290 g/mol. The fourth-order valence-electron chi connectivity index (χ4n) is 1.82. The molecule has 2 N–H and O–H groups in total. The molecule has 0 atom stereocenters. The van der Waals surface area contributed by atoms with Crippen LogP contribution in [0.3, 0.4) is 0 Å². The van der Waals surface area contributed by atoms with Gasteiger partial charge in [0.15, 0.2) is 0 Å². The third-order valence-corrected chi connectivity index (χ3v) is 3.78. The molecule has 2 aromatic rings. The lowest BCUT2D eigenvalue weighted by Gasteiger charge is -2.11. The minimum atomic E-state index is -0.219. The molecule has 0 aliphatic heterocycles. The lowest BCUT2D eigenvalue weighted by Crippen LogP contribution is -2.30. The average Bonchev–Trinajstić information content (AvgIpc) is 2.94. The predicted molar refractivity (Wildman–Crippen MR) is 82.8 cm³/mol. The molecule has 2 amide bonds. The van der Waals surface area contributed by atoms with Crippen LogP contribution in [0, 0.1) is 6.92 Å². The Morgan fingerprint density at radius 1 is 1.35 bits per heavy atom. The van der Waals surface area contributed by atoms with Gasteiger partial charge >= 0.3 is 6.03 Å². The van der Waals surface area contributed by atoms with Crippen LogP contribution in [0.15, 0.2) is 35.7 Å². The summed E-state index contributed by atoms with van der Waals surface area (Å²) >= 11 is 1.69. The fraction of sp³-hybridized carbons (Fsp3) is 0.267. The van der Waals surface area contributed by atoms with E-state index in [4.69, 9.17) is 4.74 Å². The van der Waals surface area contributed by atoms with Crippen molar-refractivity contribution in [2.24, 2.45) is 0 Å². The number of rotatable bonds is 5. The smallest absolute Gasteiger partial charge is 0.319 e. The Morgan fingerprint density at radius 2 is 2.20 bits per heavy atom. The number of anilines is 1. The van der Waals surface area contributed by atoms with E-state index in [0.29, 0.717) is 18.0 Å². The zero-order valence-electron chi connectivity index (χ0n) is 11.6. The van der Waals surface area contributed by atoms with Gasteiger partial charge in [0.2, 0.25) is 0 Å². The van der Waals surface area contributed by atoms with Crippen molar-refractivity contribution in [3.8, 4) is 5.75 Å². The number of nitrogens with one attached hydrogen (secondary N) is 2. The number of thiophene rings is 1. The number of ether oxygens (including phenoxy) is 1. The summed E-state index contributed by atoms with van der Waals surface area (Å²) in [6.07, 6.45) is 0.843. The highest BCUT2D eigenvalue weighted by Gasteiger charge is 2.07. The van der Waals surface area contributed by atoms with Crippen molar-refractivity contribution in [3.05, 3.63) is 46.2 Å². The number of carbonyl (C=O) groups is 1. The SMILES string of the molecule is COc1cc(C)ccc1NC(=O)NCCc1cccs1. The van der Waals surface area contributed by atoms with E-state index in [0.717, 1.165) is 12.0 Å². The third-order valence-electron chi connectivity index (χ3n) is 2.84. The molecular formula is C15H18N2O2S. The lowest BCUT2D eigenvalue weighted by atomic mass is 10.2. The Labute approximate surface area is 122 Å². The lowest BCUT2D eigenvalue weighted by molar-refractivity contribution is 0.252. The van der Waals surface area contributed by atoms with E-state index in [1.807, 2.05) is 36.6 Å². The van der Waals surface area contributed by atoms with Crippen LogP contribution in [0.2, 0.25) is 0 Å². The number of urea groups is 1. The van der Waals surface area contributed by atoms with Crippen LogP contribution in [0.25, 0.3) is 0 Å². The Kier molecular flexibility index (Phi) is 5.01. The minimum absolute atomic E-state index is 0.219. The molecule has 0 spiro atoms. The summed E-state index contributed by atoms with van der Waals surface area (Å²) in [5.41, 5.74) is 1.76. The number of methoxy groups -OCH3 is 1. The molecule has 0 unspecified atom stereocenters. The number of hydrogen-bond donors (Lipinski definition) is 2. The molecule has 0 fully saturated rings. The van der Waals surface area contributed by atoms with Gasteiger partial charge < -0.3 is 15.4 Å². The first-order valence-electron chi connectivity index (χ1n) is 6.41. The van der Waals surface area contributed by atoms with Gasteiger partial charge in [-0.05, 0) is 42.5 Å². The van der Waals surface area contributed by atoms with Gasteiger partial charge in [-0.3, -0.25) is 0 Å². The summed E-state index contributed by atoms with van der Waals surface area (Å²) in [7, 11) is 1.59. The normalized spacial score (nSPS) is 10.1. The molecule has 0 radical (unpaired) electrons. The van der Waals surface area contributed by atoms with Gasteiger partial charge in [0.1, 0.15) is 5.75 Å². The number of amides is 2. The molecular weight excluding hydrogens is 272 g/mol. The number of benzene rings is 1. The molecule has 20 heavy (non-hydrogen) atoms. The Bertz CT molecular complexity index is 567. The first kappa shape index (κ1) is 14.4. The highest BCUT2D eigenvalue weighted by molar-refractivity contribution is 7.09. The molecule has 1 aromatic carbocycles. The van der Waals surface area contributed by atoms with Gasteiger partial charge in [-0.1, -0.05) is 12.1 Å². The molecule has 5 heteroatoms. The van der Waals surface area contributed by atoms with Gasteiger partial charge in [-0.15, -0.1) is 11.3 Å². The van der Waals surface area contributed by atoms with Crippen molar-refractivity contribution < 1.29 is 9.53 Å². The maximum Gasteiger partial charge on any atom is 0.319 e. The maximum atomic E-state index is 11.8. The Morgan fingerprint density at radius 3 is 2.90 bits per heavy atom. The number of hydrogen-bond acceptors (Lipinski definition) is 3. The van der Waals surface area contributed by atoms with Crippen LogP contribution in [-0.4, -0.2) is 19.7 Å². The van der Waals surface area contributed by atoms with Crippen molar-refractivity contribution in [2.45, 2.75) is 13.3 Å². The first-order valence-corrected chi connectivity index (χ1v) is 7.29. The highest BCUT2D eigenvalue weighted by Crippen LogP contribution is 2.24. The largest absolute Gasteiger partial charge is 0.495 e. The van der Waals surface area contributed by atoms with E-state index < -0.39 is 0 Å². The topological polar surface area (TPSA) is 50.4 Å². The quantitative estimate of drug-likeness (QED) is 0.886. The summed E-state index contributed by atoms with van der Waals surface area (Å²) in [4.78, 5) is 13.1. The second kappa shape index (κ2) is 6.96. The molecule has 4 nitrogen and oxygen atoms in total. The van der Waals surface area contributed by atoms with Crippen LogP contribution in [0.1, 0.15) is 10.4 Å². The summed E-state index contributed by atoms with van der Waals surface area (Å²) < 4.78 is 5.25. The summed E-state index contributed by atoms with van der Waals surface area (Å²) in [5.74, 6) is 0.665.